The number of methoxy groups -OCH3 is 1. The number of carbonyl (C=O) groups excluding carboxylic acids is 1. The van der Waals surface area contributed by atoms with Gasteiger partial charge in [-0.2, -0.15) is 0 Å². The normalized spacial score (nSPS) is 17.7. The van der Waals surface area contributed by atoms with Crippen molar-refractivity contribution in [2.75, 3.05) is 19.4 Å². The Morgan fingerprint density at radius 2 is 2.17 bits per heavy atom. The summed E-state index contributed by atoms with van der Waals surface area (Å²) in [5, 5.41) is 9.78. The number of ether oxygens (including phenoxy) is 1. The fraction of sp³-hybridized carbons (Fsp3) is 0.353. The molecule has 3 rings (SSSR count). The van der Waals surface area contributed by atoms with Gasteiger partial charge in [0.15, 0.2) is 11.5 Å². The summed E-state index contributed by atoms with van der Waals surface area (Å²) in [7, 11) is 1.54. The van der Waals surface area contributed by atoms with Gasteiger partial charge in [-0.3, -0.25) is 4.79 Å². The Hall–Kier alpha value is -1.66. The van der Waals surface area contributed by atoms with Gasteiger partial charge in [0.05, 0.1) is 12.9 Å². The summed E-state index contributed by atoms with van der Waals surface area (Å²) >= 11 is 3.45. The van der Waals surface area contributed by atoms with Crippen molar-refractivity contribution in [1.82, 2.24) is 4.90 Å². The summed E-state index contributed by atoms with van der Waals surface area (Å²) in [5.74, 6) is 1.34. The van der Waals surface area contributed by atoms with Gasteiger partial charge in [0.2, 0.25) is 5.91 Å². The predicted molar refractivity (Wildman–Crippen MR) is 94.3 cm³/mol. The average molecular weight is 349 g/mol. The lowest BCUT2D eigenvalue weighted by Gasteiger charge is -2.23. The monoisotopic (exact) mass is 349 g/mol. The van der Waals surface area contributed by atoms with Crippen LogP contribution in [0.25, 0.3) is 0 Å². The third-order valence-electron chi connectivity index (χ3n) is 3.86. The maximum Gasteiger partial charge on any atom is 0.233 e. The summed E-state index contributed by atoms with van der Waals surface area (Å²) < 4.78 is 5.14. The molecule has 0 bridgehead atoms. The van der Waals surface area contributed by atoms with Gasteiger partial charge in [-0.15, -0.1) is 23.1 Å². The number of aromatic hydroxyl groups is 1. The van der Waals surface area contributed by atoms with Crippen LogP contribution in [0.3, 0.4) is 0 Å². The number of phenolic OH excluding ortho intramolecular Hbond substituents is 1. The van der Waals surface area contributed by atoms with Crippen LogP contribution in [0, 0.1) is 6.92 Å². The number of benzene rings is 1. The molecular formula is C17H19NO3S2. The smallest absolute Gasteiger partial charge is 0.233 e. The van der Waals surface area contributed by atoms with E-state index >= 15 is 0 Å². The molecule has 122 valence electrons. The van der Waals surface area contributed by atoms with Crippen LogP contribution in [0.1, 0.15) is 20.7 Å². The van der Waals surface area contributed by atoms with Gasteiger partial charge in [0.1, 0.15) is 5.37 Å². The van der Waals surface area contributed by atoms with Crippen molar-refractivity contribution in [2.45, 2.75) is 18.7 Å². The van der Waals surface area contributed by atoms with Gasteiger partial charge in [0, 0.05) is 16.3 Å². The molecule has 1 atom stereocenters. The molecule has 4 nitrogen and oxygen atoms in total. The minimum Gasteiger partial charge on any atom is -0.504 e. The molecule has 2 heterocycles. The number of nitrogens with zero attached hydrogens (tertiary/aromatic N) is 1. The lowest BCUT2D eigenvalue weighted by molar-refractivity contribution is -0.127. The van der Waals surface area contributed by atoms with Gasteiger partial charge in [-0.1, -0.05) is 6.07 Å². The minimum atomic E-state index is 0.125. The molecule has 6 heteroatoms. The Morgan fingerprint density at radius 1 is 1.35 bits per heavy atom. The van der Waals surface area contributed by atoms with Gasteiger partial charge < -0.3 is 14.7 Å². The van der Waals surface area contributed by atoms with Crippen LogP contribution in [0.15, 0.2) is 30.3 Å². The topological polar surface area (TPSA) is 49.8 Å². The molecule has 2 aromatic rings. The van der Waals surface area contributed by atoms with E-state index in [1.807, 2.05) is 17.0 Å². The fourth-order valence-corrected chi connectivity index (χ4v) is 4.98. The van der Waals surface area contributed by atoms with Crippen molar-refractivity contribution in [1.29, 1.82) is 0 Å². The van der Waals surface area contributed by atoms with Gasteiger partial charge in [-0.25, -0.2) is 0 Å². The van der Waals surface area contributed by atoms with Crippen molar-refractivity contribution in [2.24, 2.45) is 0 Å². The summed E-state index contributed by atoms with van der Waals surface area (Å²) in [4.78, 5) is 16.7. The van der Waals surface area contributed by atoms with Crippen molar-refractivity contribution in [3.05, 3.63) is 45.6 Å². The first kappa shape index (κ1) is 16.2. The molecule has 0 spiro atoms. The summed E-state index contributed by atoms with van der Waals surface area (Å²) in [6.07, 6.45) is 0.740. The van der Waals surface area contributed by atoms with Gasteiger partial charge in [0.25, 0.3) is 0 Å². The van der Waals surface area contributed by atoms with Crippen LogP contribution in [-0.4, -0.2) is 35.3 Å². The van der Waals surface area contributed by atoms with Crippen LogP contribution in [0.2, 0.25) is 0 Å². The number of rotatable bonds is 5. The Balaban J connectivity index is 1.71. The Bertz CT molecular complexity index is 714. The van der Waals surface area contributed by atoms with Gasteiger partial charge in [-0.05, 0) is 43.2 Å². The van der Waals surface area contributed by atoms with E-state index in [4.69, 9.17) is 4.74 Å². The zero-order valence-corrected chi connectivity index (χ0v) is 14.7. The number of hydrogen-bond acceptors (Lipinski definition) is 5. The van der Waals surface area contributed by atoms with Crippen molar-refractivity contribution in [3.63, 3.8) is 0 Å². The number of amides is 1. The van der Waals surface area contributed by atoms with Crippen LogP contribution in [0.4, 0.5) is 0 Å². The Kier molecular flexibility index (Phi) is 4.82. The largest absolute Gasteiger partial charge is 0.504 e. The lowest BCUT2D eigenvalue weighted by atomic mass is 10.1. The highest BCUT2D eigenvalue weighted by atomic mass is 32.2. The molecule has 23 heavy (non-hydrogen) atoms. The fourth-order valence-electron chi connectivity index (χ4n) is 2.64. The van der Waals surface area contributed by atoms with E-state index in [9.17, 15) is 9.90 Å². The second-order valence-electron chi connectivity index (χ2n) is 5.46. The van der Waals surface area contributed by atoms with Crippen molar-refractivity contribution in [3.8, 4) is 11.5 Å². The highest BCUT2D eigenvalue weighted by Crippen LogP contribution is 2.41. The molecule has 0 radical (unpaired) electrons. The van der Waals surface area contributed by atoms with E-state index in [0.717, 1.165) is 12.0 Å². The van der Waals surface area contributed by atoms with E-state index in [1.165, 1.54) is 16.9 Å². The Morgan fingerprint density at radius 3 is 2.87 bits per heavy atom. The Labute approximate surface area is 144 Å². The maximum absolute atomic E-state index is 12.2. The van der Waals surface area contributed by atoms with Crippen molar-refractivity contribution >= 4 is 29.0 Å². The molecule has 1 amide bonds. The highest BCUT2D eigenvalue weighted by molar-refractivity contribution is 8.00. The van der Waals surface area contributed by atoms with E-state index in [1.54, 1.807) is 29.2 Å². The third-order valence-corrected chi connectivity index (χ3v) is 6.30. The molecule has 1 aliphatic heterocycles. The second-order valence-corrected chi connectivity index (χ2v) is 7.84. The number of hydrogen-bond donors (Lipinski definition) is 1. The van der Waals surface area contributed by atoms with Crippen molar-refractivity contribution < 1.29 is 14.6 Å². The van der Waals surface area contributed by atoms with Crippen LogP contribution >= 0.6 is 23.1 Å². The number of aryl methyl sites for hydroxylation is 1. The number of phenols is 1. The van der Waals surface area contributed by atoms with E-state index in [-0.39, 0.29) is 17.0 Å². The predicted octanol–water partition coefficient (Wildman–Crippen LogP) is 3.59. The molecule has 1 N–H and O–H groups in total. The quantitative estimate of drug-likeness (QED) is 0.896. The number of thiophene rings is 1. The van der Waals surface area contributed by atoms with Crippen LogP contribution < -0.4 is 4.74 Å². The molecule has 0 aliphatic carbocycles. The molecule has 1 aromatic carbocycles. The van der Waals surface area contributed by atoms with E-state index < -0.39 is 0 Å². The maximum atomic E-state index is 12.2. The van der Waals surface area contributed by atoms with Crippen LogP contribution in [0.5, 0.6) is 11.5 Å². The van der Waals surface area contributed by atoms with Gasteiger partial charge >= 0.3 is 0 Å². The molecule has 1 aliphatic rings. The molecule has 1 fully saturated rings. The first-order chi connectivity index (χ1) is 11.1. The zero-order chi connectivity index (χ0) is 16.4. The number of thioether (sulfide) groups is 1. The average Bonchev–Trinajstić information content (AvgIpc) is 3.12. The second kappa shape index (κ2) is 6.84. The first-order valence-corrected chi connectivity index (χ1v) is 9.28. The zero-order valence-electron chi connectivity index (χ0n) is 13.1. The lowest BCUT2D eigenvalue weighted by Crippen LogP contribution is -2.30. The molecular weight excluding hydrogens is 330 g/mol. The molecule has 0 saturated carbocycles. The molecule has 1 unspecified atom stereocenters. The van der Waals surface area contributed by atoms with Crippen LogP contribution in [-0.2, 0) is 11.2 Å². The summed E-state index contributed by atoms with van der Waals surface area (Å²) in [5.41, 5.74) is 1.05. The minimum absolute atomic E-state index is 0.125. The highest BCUT2D eigenvalue weighted by Gasteiger charge is 2.33. The third kappa shape index (κ3) is 3.48. The first-order valence-electron chi connectivity index (χ1n) is 7.42. The standard InChI is InChI=1S/C17H19NO3S2/c1-11-3-6-15(23-11)17-18(16(20)10-22-17)8-7-12-4-5-13(19)14(9-12)21-2/h3-6,9,17,19H,7-8,10H2,1-2H3. The van der Waals surface area contributed by atoms with E-state index in [2.05, 4.69) is 19.1 Å². The van der Waals surface area contributed by atoms with E-state index in [0.29, 0.717) is 18.0 Å². The summed E-state index contributed by atoms with van der Waals surface area (Å²) in [6, 6.07) is 9.55. The summed E-state index contributed by atoms with van der Waals surface area (Å²) in [6.45, 7) is 2.75. The molecule has 1 aromatic heterocycles. The molecule has 1 saturated heterocycles. The number of carbonyl (C=O) groups is 1. The SMILES string of the molecule is COc1cc(CCN2C(=O)CSC2c2ccc(C)s2)ccc1O.